The molecule has 3 nitrogen and oxygen atoms in total. The van der Waals surface area contributed by atoms with Gasteiger partial charge in [-0.2, -0.15) is 0 Å². The van der Waals surface area contributed by atoms with Gasteiger partial charge in [-0.25, -0.2) is 0 Å². The van der Waals surface area contributed by atoms with Crippen LogP contribution in [0.1, 0.15) is 0 Å². The normalized spacial score (nSPS) is 11.9. The fraction of sp³-hybridized carbons (Fsp3) is 0. The van der Waals surface area contributed by atoms with Gasteiger partial charge >= 0.3 is 0 Å². The molecule has 0 aliphatic carbocycles. The van der Waals surface area contributed by atoms with Crippen LogP contribution in [0.15, 0.2) is 212 Å². The van der Waals surface area contributed by atoms with Gasteiger partial charge in [-0.15, -0.1) is 0 Å². The largest absolute Gasteiger partial charge is 0.309 e. The third-order valence-electron chi connectivity index (χ3n) is 11.8. The van der Waals surface area contributed by atoms with Gasteiger partial charge in [-0.05, 0) is 95.1 Å². The molecule has 0 unspecified atom stereocenters. The average Bonchev–Trinajstić information content (AvgIpc) is 3.93. The van der Waals surface area contributed by atoms with Crippen LogP contribution in [0, 0.1) is 0 Å². The second-order valence-electron chi connectivity index (χ2n) is 14.9. The van der Waals surface area contributed by atoms with Crippen molar-refractivity contribution in [3.05, 3.63) is 212 Å². The Balaban J connectivity index is 1.03. The molecule has 266 valence electrons. The van der Waals surface area contributed by atoms with Gasteiger partial charge in [0.2, 0.25) is 0 Å². The maximum Gasteiger partial charge on any atom is 0.0641 e. The summed E-state index contributed by atoms with van der Waals surface area (Å²) in [6.45, 7) is 0. The minimum Gasteiger partial charge on any atom is -0.309 e. The minimum absolute atomic E-state index is 1.14. The highest BCUT2D eigenvalue weighted by Gasteiger charge is 2.21. The molecule has 9 aromatic carbocycles. The van der Waals surface area contributed by atoms with Gasteiger partial charge in [0.25, 0.3) is 0 Å². The number of para-hydroxylation sites is 4. The summed E-state index contributed by atoms with van der Waals surface area (Å²) in [5, 5.41) is 7.53. The van der Waals surface area contributed by atoms with Gasteiger partial charge in [0, 0.05) is 49.4 Å². The van der Waals surface area contributed by atoms with E-state index >= 15 is 0 Å². The van der Waals surface area contributed by atoms with Crippen molar-refractivity contribution >= 4 is 65.4 Å². The van der Waals surface area contributed by atoms with E-state index in [1.165, 1.54) is 93.4 Å². The third-order valence-corrected chi connectivity index (χ3v) is 11.8. The van der Waals surface area contributed by atoms with Gasteiger partial charge in [-0.3, -0.25) is 0 Å². The van der Waals surface area contributed by atoms with Crippen LogP contribution in [0.5, 0.6) is 0 Å². The molecule has 0 amide bonds. The van der Waals surface area contributed by atoms with E-state index in [1.54, 1.807) is 0 Å². The summed E-state index contributed by atoms with van der Waals surface area (Å²) in [7, 11) is 0. The molecule has 0 bridgehead atoms. The van der Waals surface area contributed by atoms with Crippen LogP contribution in [0.25, 0.3) is 105 Å². The van der Waals surface area contributed by atoms with Crippen molar-refractivity contribution in [2.24, 2.45) is 0 Å². The Bertz CT molecular complexity index is 3470. The Labute approximate surface area is 329 Å². The first-order valence-electron chi connectivity index (χ1n) is 19.6. The lowest BCUT2D eigenvalue weighted by atomic mass is 10.0. The van der Waals surface area contributed by atoms with Crippen molar-refractivity contribution in [1.82, 2.24) is 13.7 Å². The van der Waals surface area contributed by atoms with Gasteiger partial charge in [0.15, 0.2) is 0 Å². The monoisotopic (exact) mass is 725 g/mol. The van der Waals surface area contributed by atoms with Crippen molar-refractivity contribution in [2.45, 2.75) is 0 Å². The van der Waals surface area contributed by atoms with Crippen molar-refractivity contribution in [3.8, 4) is 39.3 Å². The lowest BCUT2D eigenvalue weighted by Gasteiger charge is -2.12. The fourth-order valence-corrected chi connectivity index (χ4v) is 9.30. The second kappa shape index (κ2) is 12.5. The molecule has 0 aliphatic heterocycles. The predicted octanol–water partition coefficient (Wildman–Crippen LogP) is 14.3. The van der Waals surface area contributed by atoms with Gasteiger partial charge in [-0.1, -0.05) is 140 Å². The third kappa shape index (κ3) is 4.79. The summed E-state index contributed by atoms with van der Waals surface area (Å²) >= 11 is 0. The smallest absolute Gasteiger partial charge is 0.0641 e. The quantitative estimate of drug-likeness (QED) is 0.168. The van der Waals surface area contributed by atoms with Gasteiger partial charge < -0.3 is 13.7 Å². The first-order valence-corrected chi connectivity index (χ1v) is 19.6. The number of nitrogens with zero attached hydrogens (tertiary/aromatic N) is 3. The van der Waals surface area contributed by atoms with Crippen molar-refractivity contribution in [1.29, 1.82) is 0 Å². The van der Waals surface area contributed by atoms with Crippen LogP contribution in [-0.4, -0.2) is 13.7 Å². The van der Waals surface area contributed by atoms with Crippen LogP contribution >= 0.6 is 0 Å². The zero-order valence-corrected chi connectivity index (χ0v) is 31.0. The van der Waals surface area contributed by atoms with Crippen LogP contribution in [0.2, 0.25) is 0 Å². The molecule has 3 heteroatoms. The highest BCUT2D eigenvalue weighted by atomic mass is 15.0. The molecule has 0 saturated heterocycles. The fourth-order valence-electron chi connectivity index (χ4n) is 9.30. The molecule has 0 spiro atoms. The number of rotatable bonds is 5. The van der Waals surface area contributed by atoms with E-state index in [1.807, 2.05) is 0 Å². The molecule has 12 aromatic rings. The highest BCUT2D eigenvalue weighted by Crippen LogP contribution is 2.42. The summed E-state index contributed by atoms with van der Waals surface area (Å²) in [6, 6.07) is 77.3. The standard InChI is InChI=1S/C54H35N3/c1-3-13-36(14-4-1)37-23-28-41(29-24-37)56-50-22-12-9-19-46(50)53-52(56)34-32-45-43-17-7-11-21-49(43)57(54(45)53)42-30-25-38(26-31-42)39-27-33-51-47(35-39)44-18-8-10-20-48(44)55(51)40-15-5-2-6-16-40/h1-35H. The minimum atomic E-state index is 1.14. The molecule has 12 rings (SSSR count). The predicted molar refractivity (Wildman–Crippen MR) is 240 cm³/mol. The molecule has 3 aromatic heterocycles. The number of aromatic nitrogens is 3. The molecular weight excluding hydrogens is 691 g/mol. The molecule has 0 fully saturated rings. The second-order valence-corrected chi connectivity index (χ2v) is 14.9. The van der Waals surface area contributed by atoms with E-state index < -0.39 is 0 Å². The van der Waals surface area contributed by atoms with Crippen LogP contribution < -0.4 is 0 Å². The van der Waals surface area contributed by atoms with E-state index in [-0.39, 0.29) is 0 Å². The molecule has 0 N–H and O–H groups in total. The lowest BCUT2D eigenvalue weighted by molar-refractivity contribution is 1.17. The Kier molecular flexibility index (Phi) is 6.93. The summed E-state index contributed by atoms with van der Waals surface area (Å²) < 4.78 is 7.27. The Morgan fingerprint density at radius 3 is 1.33 bits per heavy atom. The summed E-state index contributed by atoms with van der Waals surface area (Å²) in [4.78, 5) is 0. The summed E-state index contributed by atoms with van der Waals surface area (Å²) in [5.74, 6) is 0. The number of fused-ring (bicyclic) bond motifs is 10. The SMILES string of the molecule is c1ccc(-c2ccc(-n3c4ccccc4c4c3ccc3c5ccccc5n(-c5ccc(-c6ccc7c(c6)c6ccccc6n7-c6ccccc6)cc5)c34)cc2)cc1. The average molecular weight is 726 g/mol. The summed E-state index contributed by atoms with van der Waals surface area (Å²) in [5.41, 5.74) is 15.5. The van der Waals surface area contributed by atoms with Gasteiger partial charge in [0.05, 0.1) is 33.1 Å². The van der Waals surface area contributed by atoms with Crippen LogP contribution in [0.4, 0.5) is 0 Å². The number of hydrogen-bond donors (Lipinski definition) is 0. The number of hydrogen-bond acceptors (Lipinski definition) is 0. The van der Waals surface area contributed by atoms with E-state index in [9.17, 15) is 0 Å². The van der Waals surface area contributed by atoms with Crippen molar-refractivity contribution in [3.63, 3.8) is 0 Å². The van der Waals surface area contributed by atoms with E-state index in [0.717, 1.165) is 11.4 Å². The molecular formula is C54H35N3. The zero-order valence-electron chi connectivity index (χ0n) is 31.0. The van der Waals surface area contributed by atoms with E-state index in [4.69, 9.17) is 0 Å². The molecule has 0 saturated carbocycles. The molecule has 57 heavy (non-hydrogen) atoms. The first kappa shape index (κ1) is 31.7. The lowest BCUT2D eigenvalue weighted by Crippen LogP contribution is -1.95. The molecule has 0 radical (unpaired) electrons. The highest BCUT2D eigenvalue weighted by molar-refractivity contribution is 6.26. The Morgan fingerprint density at radius 1 is 0.228 bits per heavy atom. The maximum atomic E-state index is 2.47. The van der Waals surface area contributed by atoms with E-state index in [2.05, 4.69) is 226 Å². The topological polar surface area (TPSA) is 14.8 Å². The van der Waals surface area contributed by atoms with Crippen LogP contribution in [0.3, 0.4) is 0 Å². The summed E-state index contributed by atoms with van der Waals surface area (Å²) in [6.07, 6.45) is 0. The zero-order chi connectivity index (χ0) is 37.5. The number of benzene rings is 9. The van der Waals surface area contributed by atoms with Crippen molar-refractivity contribution < 1.29 is 0 Å². The van der Waals surface area contributed by atoms with E-state index in [0.29, 0.717) is 0 Å². The first-order chi connectivity index (χ1) is 28.3. The van der Waals surface area contributed by atoms with Crippen LogP contribution in [-0.2, 0) is 0 Å². The molecule has 0 atom stereocenters. The molecule has 0 aliphatic rings. The molecule has 3 heterocycles. The van der Waals surface area contributed by atoms with Crippen molar-refractivity contribution in [2.75, 3.05) is 0 Å². The maximum absolute atomic E-state index is 2.47. The Morgan fingerprint density at radius 2 is 0.649 bits per heavy atom. The van der Waals surface area contributed by atoms with Gasteiger partial charge in [0.1, 0.15) is 0 Å². The Hall–Kier alpha value is -7.62.